The minimum atomic E-state index is -0.548. The Bertz CT molecular complexity index is 499. The van der Waals surface area contributed by atoms with Crippen molar-refractivity contribution in [3.05, 3.63) is 48.1 Å². The van der Waals surface area contributed by atoms with Gasteiger partial charge in [-0.3, -0.25) is 4.79 Å². The highest BCUT2D eigenvalue weighted by Crippen LogP contribution is 2.01. The van der Waals surface area contributed by atoms with Gasteiger partial charge in [0.2, 0.25) is 12.3 Å². The van der Waals surface area contributed by atoms with E-state index in [-0.39, 0.29) is 5.91 Å². The monoisotopic (exact) mass is 260 g/mol. The van der Waals surface area contributed by atoms with Crippen LogP contribution in [0, 0.1) is 0 Å². The highest BCUT2D eigenvalue weighted by atomic mass is 16.5. The molecule has 0 saturated carbocycles. The van der Waals surface area contributed by atoms with E-state index in [0.717, 1.165) is 5.56 Å². The molecular weight excluding hydrogens is 244 g/mol. The molecular formula is C13H16N4O2. The Labute approximate surface area is 111 Å². The van der Waals surface area contributed by atoms with Crippen molar-refractivity contribution in [3.8, 4) is 0 Å². The van der Waals surface area contributed by atoms with E-state index in [2.05, 4.69) is 20.0 Å². The number of carbonyl (C=O) groups is 1. The fourth-order valence-corrected chi connectivity index (χ4v) is 1.69. The number of nitrogens with zero attached hydrogens (tertiary/aromatic N) is 2. The van der Waals surface area contributed by atoms with E-state index in [9.17, 15) is 4.79 Å². The summed E-state index contributed by atoms with van der Waals surface area (Å²) in [5.74, 6) is 0.393. The smallest absolute Gasteiger partial charge is 0.237 e. The standard InChI is InChI=1S/C13H16N4O2/c14-11(8-10-4-2-1-3-5-10)13(18)15-7-6-12-16-9-19-17-12/h1-5,9,11H,6-8,14H2,(H,15,18)/t11-/m0/s1. The lowest BCUT2D eigenvalue weighted by Gasteiger charge is -2.11. The van der Waals surface area contributed by atoms with Gasteiger partial charge in [-0.2, -0.15) is 4.98 Å². The number of carbonyl (C=O) groups excluding carboxylic acids is 1. The number of amides is 1. The summed E-state index contributed by atoms with van der Waals surface area (Å²) in [6.45, 7) is 0.445. The maximum absolute atomic E-state index is 11.8. The van der Waals surface area contributed by atoms with Gasteiger partial charge in [0.15, 0.2) is 5.82 Å². The zero-order chi connectivity index (χ0) is 13.5. The molecule has 0 saturated heterocycles. The van der Waals surface area contributed by atoms with Crippen molar-refractivity contribution in [2.45, 2.75) is 18.9 Å². The van der Waals surface area contributed by atoms with Crippen LogP contribution < -0.4 is 11.1 Å². The molecule has 0 aliphatic rings. The van der Waals surface area contributed by atoms with Gasteiger partial charge >= 0.3 is 0 Å². The Balaban J connectivity index is 1.73. The average Bonchev–Trinajstić information content (AvgIpc) is 2.93. The Morgan fingerprint density at radius 1 is 1.37 bits per heavy atom. The van der Waals surface area contributed by atoms with Gasteiger partial charge in [0.1, 0.15) is 0 Å². The predicted molar refractivity (Wildman–Crippen MR) is 69.1 cm³/mol. The Morgan fingerprint density at radius 3 is 2.84 bits per heavy atom. The molecule has 1 amide bonds. The molecule has 1 aromatic heterocycles. The van der Waals surface area contributed by atoms with Gasteiger partial charge in [-0.15, -0.1) is 0 Å². The van der Waals surface area contributed by atoms with Crippen LogP contribution in [0.2, 0.25) is 0 Å². The summed E-state index contributed by atoms with van der Waals surface area (Å²) in [6.07, 6.45) is 2.31. The molecule has 0 radical (unpaired) electrons. The molecule has 1 atom stereocenters. The maximum atomic E-state index is 11.8. The lowest BCUT2D eigenvalue weighted by atomic mass is 10.1. The third-order valence-electron chi connectivity index (χ3n) is 2.69. The molecule has 3 N–H and O–H groups in total. The number of hydrogen-bond donors (Lipinski definition) is 2. The van der Waals surface area contributed by atoms with Crippen LogP contribution in [0.4, 0.5) is 0 Å². The highest BCUT2D eigenvalue weighted by molar-refractivity contribution is 5.81. The predicted octanol–water partition coefficient (Wildman–Crippen LogP) is 0.298. The van der Waals surface area contributed by atoms with Crippen LogP contribution >= 0.6 is 0 Å². The van der Waals surface area contributed by atoms with Gasteiger partial charge in [-0.25, -0.2) is 0 Å². The van der Waals surface area contributed by atoms with Gasteiger partial charge in [0.25, 0.3) is 0 Å². The molecule has 100 valence electrons. The van der Waals surface area contributed by atoms with E-state index in [4.69, 9.17) is 5.73 Å². The summed E-state index contributed by atoms with van der Waals surface area (Å²) < 4.78 is 4.60. The van der Waals surface area contributed by atoms with Crippen molar-refractivity contribution < 1.29 is 9.32 Å². The normalized spacial score (nSPS) is 12.1. The molecule has 6 nitrogen and oxygen atoms in total. The first-order chi connectivity index (χ1) is 9.25. The summed E-state index contributed by atoms with van der Waals surface area (Å²) in [4.78, 5) is 15.6. The van der Waals surface area contributed by atoms with E-state index in [0.29, 0.717) is 25.2 Å². The largest absolute Gasteiger partial charge is 0.354 e. The van der Waals surface area contributed by atoms with Crippen molar-refractivity contribution >= 4 is 5.91 Å². The molecule has 0 aliphatic carbocycles. The molecule has 2 aromatic rings. The van der Waals surface area contributed by atoms with Crippen LogP contribution in [-0.2, 0) is 17.6 Å². The number of nitrogens with one attached hydrogen (secondary N) is 1. The topological polar surface area (TPSA) is 94.0 Å². The van der Waals surface area contributed by atoms with Crippen LogP contribution in [-0.4, -0.2) is 28.6 Å². The molecule has 2 rings (SSSR count). The van der Waals surface area contributed by atoms with Crippen molar-refractivity contribution in [1.82, 2.24) is 15.5 Å². The zero-order valence-electron chi connectivity index (χ0n) is 10.5. The van der Waals surface area contributed by atoms with Gasteiger partial charge in [-0.1, -0.05) is 35.5 Å². The third kappa shape index (κ3) is 4.18. The molecule has 19 heavy (non-hydrogen) atoms. The lowest BCUT2D eigenvalue weighted by molar-refractivity contribution is -0.122. The Kier molecular flexibility index (Phi) is 4.63. The molecule has 1 aromatic carbocycles. The summed E-state index contributed by atoms with van der Waals surface area (Å²) >= 11 is 0. The fourth-order valence-electron chi connectivity index (χ4n) is 1.69. The fraction of sp³-hybridized carbons (Fsp3) is 0.308. The second-order valence-corrected chi connectivity index (χ2v) is 4.18. The van der Waals surface area contributed by atoms with Crippen LogP contribution in [0.5, 0.6) is 0 Å². The molecule has 0 fully saturated rings. The Hall–Kier alpha value is -2.21. The molecule has 0 aliphatic heterocycles. The number of rotatable bonds is 6. The SMILES string of the molecule is N[C@@H](Cc1ccccc1)C(=O)NCCc1ncon1. The quantitative estimate of drug-likeness (QED) is 0.779. The number of hydrogen-bond acceptors (Lipinski definition) is 5. The highest BCUT2D eigenvalue weighted by Gasteiger charge is 2.13. The van der Waals surface area contributed by atoms with E-state index < -0.39 is 6.04 Å². The van der Waals surface area contributed by atoms with Gasteiger partial charge < -0.3 is 15.6 Å². The first-order valence-electron chi connectivity index (χ1n) is 6.08. The third-order valence-corrected chi connectivity index (χ3v) is 2.69. The van der Waals surface area contributed by atoms with Crippen molar-refractivity contribution in [3.63, 3.8) is 0 Å². The number of aromatic nitrogens is 2. The minimum Gasteiger partial charge on any atom is -0.354 e. The second-order valence-electron chi connectivity index (χ2n) is 4.18. The van der Waals surface area contributed by atoms with Crippen LogP contribution in [0.1, 0.15) is 11.4 Å². The zero-order valence-corrected chi connectivity index (χ0v) is 10.5. The maximum Gasteiger partial charge on any atom is 0.237 e. The van der Waals surface area contributed by atoms with Crippen molar-refractivity contribution in [1.29, 1.82) is 0 Å². The van der Waals surface area contributed by atoms with E-state index in [1.54, 1.807) is 0 Å². The van der Waals surface area contributed by atoms with Crippen LogP contribution in [0.3, 0.4) is 0 Å². The van der Waals surface area contributed by atoms with Crippen molar-refractivity contribution in [2.24, 2.45) is 5.73 Å². The van der Waals surface area contributed by atoms with Crippen LogP contribution in [0.25, 0.3) is 0 Å². The summed E-state index contributed by atoms with van der Waals surface area (Å²) in [5, 5.41) is 6.41. The van der Waals surface area contributed by atoms with E-state index in [1.165, 1.54) is 6.39 Å². The first-order valence-corrected chi connectivity index (χ1v) is 6.08. The average molecular weight is 260 g/mol. The number of nitrogens with two attached hydrogens (primary N) is 1. The number of benzene rings is 1. The van der Waals surface area contributed by atoms with Gasteiger partial charge in [-0.05, 0) is 12.0 Å². The summed E-state index contributed by atoms with van der Waals surface area (Å²) in [7, 11) is 0. The van der Waals surface area contributed by atoms with Gasteiger partial charge in [0, 0.05) is 13.0 Å². The molecule has 6 heteroatoms. The molecule has 0 unspecified atom stereocenters. The summed E-state index contributed by atoms with van der Waals surface area (Å²) in [5.41, 5.74) is 6.89. The second kappa shape index (κ2) is 6.65. The molecule has 1 heterocycles. The van der Waals surface area contributed by atoms with E-state index >= 15 is 0 Å². The molecule has 0 spiro atoms. The van der Waals surface area contributed by atoms with Crippen molar-refractivity contribution in [2.75, 3.05) is 6.54 Å². The Morgan fingerprint density at radius 2 is 2.16 bits per heavy atom. The van der Waals surface area contributed by atoms with Crippen LogP contribution in [0.15, 0.2) is 41.2 Å². The molecule has 0 bridgehead atoms. The first kappa shape index (κ1) is 13.2. The lowest BCUT2D eigenvalue weighted by Crippen LogP contribution is -2.42. The van der Waals surface area contributed by atoms with Gasteiger partial charge in [0.05, 0.1) is 6.04 Å². The summed E-state index contributed by atoms with van der Waals surface area (Å²) in [6, 6.07) is 9.14. The minimum absolute atomic E-state index is 0.174. The van der Waals surface area contributed by atoms with E-state index in [1.807, 2.05) is 30.3 Å².